The van der Waals surface area contributed by atoms with Gasteiger partial charge in [0.25, 0.3) is 0 Å². The van der Waals surface area contributed by atoms with Gasteiger partial charge in [-0.3, -0.25) is 14.4 Å². The molecule has 2 aliphatic heterocycles. The van der Waals surface area contributed by atoms with Crippen molar-refractivity contribution in [2.75, 3.05) is 30.5 Å². The Kier molecular flexibility index (Phi) is 11.1. The molecule has 0 aliphatic carbocycles. The van der Waals surface area contributed by atoms with Crippen molar-refractivity contribution in [2.45, 2.75) is 97.0 Å². The molecule has 0 spiro atoms. The second-order valence-corrected chi connectivity index (χ2v) is 11.4. The molecule has 2 aliphatic rings. The third-order valence-electron chi connectivity index (χ3n) is 7.87. The number of alkyl halides is 1. The first kappa shape index (κ1) is 32.8. The summed E-state index contributed by atoms with van der Waals surface area (Å²) in [6, 6.07) is 10.3. The van der Waals surface area contributed by atoms with Crippen LogP contribution in [0.5, 0.6) is 5.75 Å². The van der Waals surface area contributed by atoms with Crippen LogP contribution in [0.2, 0.25) is 0 Å². The molecule has 11 heteroatoms. The number of esters is 3. The van der Waals surface area contributed by atoms with Crippen LogP contribution in [0.3, 0.4) is 0 Å². The van der Waals surface area contributed by atoms with E-state index in [0.717, 1.165) is 29.4 Å². The average molecular weight is 620 g/mol. The predicted octanol–water partition coefficient (Wildman–Crippen LogP) is 5.11. The first-order chi connectivity index (χ1) is 20.6. The van der Waals surface area contributed by atoms with Crippen molar-refractivity contribution in [1.29, 1.82) is 0 Å². The molecule has 0 saturated carbocycles. The number of nitrogens with zero attached hydrogens (tertiary/aromatic N) is 1. The van der Waals surface area contributed by atoms with Gasteiger partial charge in [0.05, 0.1) is 0 Å². The number of carbonyl (C=O) groups excluding carboxylic acids is 3. The van der Waals surface area contributed by atoms with Crippen molar-refractivity contribution in [1.82, 2.24) is 0 Å². The van der Waals surface area contributed by atoms with Gasteiger partial charge in [-0.25, -0.2) is 0 Å². The van der Waals surface area contributed by atoms with E-state index < -0.39 is 48.6 Å². The van der Waals surface area contributed by atoms with Crippen LogP contribution in [0.1, 0.15) is 65.9 Å². The van der Waals surface area contributed by atoms with Crippen molar-refractivity contribution >= 4 is 46.0 Å². The maximum absolute atomic E-state index is 12.3. The van der Waals surface area contributed by atoms with Crippen LogP contribution >= 0.6 is 11.6 Å². The molecule has 0 bridgehead atoms. The molecule has 0 unspecified atom stereocenters. The lowest BCUT2D eigenvalue weighted by atomic mass is 9.95. The zero-order chi connectivity index (χ0) is 31.3. The molecule has 43 heavy (non-hydrogen) atoms. The molecule has 2 aromatic carbocycles. The minimum atomic E-state index is -1.11. The third-order valence-corrected chi connectivity index (χ3v) is 8.25. The van der Waals surface area contributed by atoms with Crippen LogP contribution in [-0.2, 0) is 38.1 Å². The fourth-order valence-corrected chi connectivity index (χ4v) is 6.08. The van der Waals surface area contributed by atoms with Gasteiger partial charge >= 0.3 is 17.9 Å². The molecular weight excluding hydrogens is 578 g/mol. The molecule has 2 aromatic rings. The SMILES string of the molecule is CCCO[C@H]1[C@H](Oc2cc3c(c4ccccc24)[C@H](CCl)CN3[C@@H](C)CC)O[C@H](COC(C)=O)[C@H](OC(C)=O)[C@@H]1OC(C)=O. The number of halogens is 1. The molecule has 1 saturated heterocycles. The van der Waals surface area contributed by atoms with Gasteiger partial charge in [-0.05, 0) is 30.7 Å². The molecular formula is C32H42ClNO9. The minimum Gasteiger partial charge on any atom is -0.463 e. The highest BCUT2D eigenvalue weighted by Gasteiger charge is 2.52. The first-order valence-corrected chi connectivity index (χ1v) is 15.4. The fraction of sp³-hybridized carbons (Fsp3) is 0.594. The second kappa shape index (κ2) is 14.6. The lowest BCUT2D eigenvalue weighted by Crippen LogP contribution is -2.63. The van der Waals surface area contributed by atoms with E-state index in [2.05, 4.69) is 24.8 Å². The van der Waals surface area contributed by atoms with Gasteiger partial charge < -0.3 is 33.3 Å². The molecule has 0 amide bonds. The summed E-state index contributed by atoms with van der Waals surface area (Å²) in [6.45, 7) is 10.9. The summed E-state index contributed by atoms with van der Waals surface area (Å²) in [5.41, 5.74) is 2.23. The van der Waals surface area contributed by atoms with Crippen LogP contribution in [0.4, 0.5) is 5.69 Å². The molecule has 0 aromatic heterocycles. The summed E-state index contributed by atoms with van der Waals surface area (Å²) in [7, 11) is 0. The molecule has 0 radical (unpaired) electrons. The number of hydrogen-bond acceptors (Lipinski definition) is 10. The van der Waals surface area contributed by atoms with E-state index in [1.54, 1.807) is 0 Å². The summed E-state index contributed by atoms with van der Waals surface area (Å²) in [5, 5.41) is 1.89. The summed E-state index contributed by atoms with van der Waals surface area (Å²) < 4.78 is 35.7. The zero-order valence-corrected chi connectivity index (χ0v) is 26.4. The van der Waals surface area contributed by atoms with E-state index in [9.17, 15) is 14.4 Å². The molecule has 2 heterocycles. The normalized spacial score (nSPS) is 25.6. The predicted molar refractivity (Wildman–Crippen MR) is 162 cm³/mol. The summed E-state index contributed by atoms with van der Waals surface area (Å²) in [5.74, 6) is -0.565. The number of rotatable bonds is 12. The van der Waals surface area contributed by atoms with Crippen molar-refractivity contribution in [3.05, 3.63) is 35.9 Å². The standard InChI is InChI=1S/C32H42ClNO9/c1-7-13-38-31-30(41-21(6)37)29(40-20(5)36)27(17-39-19(4)35)43-32(31)42-26-14-25-28(24-12-10-9-11-23(24)26)22(15-33)16-34(25)18(3)8-2/h9-12,14,18,22,27,29-32H,7-8,13,15-17H2,1-6H3/t18-,22+,27+,29-,30-,31+,32+/m0/s1. The quantitative estimate of drug-likeness (QED) is 0.181. The Balaban J connectivity index is 1.82. The highest BCUT2D eigenvalue weighted by Crippen LogP contribution is 2.47. The summed E-state index contributed by atoms with van der Waals surface area (Å²) in [4.78, 5) is 38.5. The first-order valence-electron chi connectivity index (χ1n) is 14.9. The van der Waals surface area contributed by atoms with E-state index in [-0.39, 0.29) is 18.6 Å². The van der Waals surface area contributed by atoms with Gasteiger partial charge in [-0.1, -0.05) is 38.1 Å². The van der Waals surface area contributed by atoms with E-state index in [1.807, 2.05) is 31.2 Å². The zero-order valence-electron chi connectivity index (χ0n) is 25.7. The highest BCUT2D eigenvalue weighted by molar-refractivity contribution is 6.18. The Morgan fingerprint density at radius 1 is 1.00 bits per heavy atom. The van der Waals surface area contributed by atoms with Gasteiger partial charge in [0.1, 0.15) is 18.5 Å². The van der Waals surface area contributed by atoms with Crippen molar-refractivity contribution in [3.8, 4) is 5.75 Å². The Morgan fingerprint density at radius 3 is 2.28 bits per heavy atom. The Morgan fingerprint density at radius 2 is 1.67 bits per heavy atom. The van der Waals surface area contributed by atoms with Crippen LogP contribution < -0.4 is 9.64 Å². The molecule has 10 nitrogen and oxygen atoms in total. The van der Waals surface area contributed by atoms with E-state index >= 15 is 0 Å². The lowest BCUT2D eigenvalue weighted by Gasteiger charge is -2.44. The smallest absolute Gasteiger partial charge is 0.303 e. The molecule has 4 rings (SSSR count). The lowest BCUT2D eigenvalue weighted by molar-refractivity contribution is -0.293. The molecule has 1 fully saturated rings. The Hall–Kier alpha value is -3.08. The van der Waals surface area contributed by atoms with Gasteiger partial charge in [-0.2, -0.15) is 0 Å². The fourth-order valence-electron chi connectivity index (χ4n) is 5.83. The van der Waals surface area contributed by atoms with Gasteiger partial charge in [-0.15, -0.1) is 11.6 Å². The number of benzene rings is 2. The largest absolute Gasteiger partial charge is 0.463 e. The van der Waals surface area contributed by atoms with Gasteiger partial charge in [0.15, 0.2) is 18.3 Å². The summed E-state index contributed by atoms with van der Waals surface area (Å²) in [6.07, 6.45) is -3.65. The molecule has 236 valence electrons. The molecule has 0 N–H and O–H groups in total. The maximum atomic E-state index is 12.3. The van der Waals surface area contributed by atoms with Gasteiger partial charge in [0.2, 0.25) is 6.29 Å². The van der Waals surface area contributed by atoms with E-state index in [0.29, 0.717) is 24.7 Å². The monoisotopic (exact) mass is 619 g/mol. The van der Waals surface area contributed by atoms with Crippen LogP contribution in [0, 0.1) is 0 Å². The van der Waals surface area contributed by atoms with E-state index in [1.165, 1.54) is 26.3 Å². The van der Waals surface area contributed by atoms with Crippen LogP contribution in [-0.4, -0.2) is 80.3 Å². The Bertz CT molecular complexity index is 1300. The van der Waals surface area contributed by atoms with Crippen LogP contribution in [0.25, 0.3) is 10.8 Å². The number of carbonyl (C=O) groups is 3. The number of hydrogen-bond donors (Lipinski definition) is 0. The van der Waals surface area contributed by atoms with Crippen molar-refractivity contribution in [2.24, 2.45) is 0 Å². The number of anilines is 1. The summed E-state index contributed by atoms with van der Waals surface area (Å²) >= 11 is 6.48. The maximum Gasteiger partial charge on any atom is 0.303 e. The topological polar surface area (TPSA) is 110 Å². The highest BCUT2D eigenvalue weighted by atomic mass is 35.5. The van der Waals surface area contributed by atoms with Crippen molar-refractivity contribution < 1.29 is 42.8 Å². The van der Waals surface area contributed by atoms with E-state index in [4.69, 9.17) is 40.0 Å². The molecule has 7 atom stereocenters. The third kappa shape index (κ3) is 7.36. The average Bonchev–Trinajstić information content (AvgIpc) is 3.35. The second-order valence-electron chi connectivity index (χ2n) is 11.1. The van der Waals surface area contributed by atoms with Crippen molar-refractivity contribution in [3.63, 3.8) is 0 Å². The van der Waals surface area contributed by atoms with Crippen LogP contribution in [0.15, 0.2) is 30.3 Å². The Labute approximate surface area is 257 Å². The van der Waals surface area contributed by atoms with Gasteiger partial charge in [0, 0.05) is 68.9 Å². The number of ether oxygens (including phenoxy) is 6. The number of fused-ring (bicyclic) bond motifs is 3. The minimum absolute atomic E-state index is 0.155.